The number of methoxy groups -OCH3 is 1. The van der Waals surface area contributed by atoms with Gasteiger partial charge in [-0.15, -0.1) is 0 Å². The van der Waals surface area contributed by atoms with Crippen molar-refractivity contribution in [2.75, 3.05) is 46.5 Å². The van der Waals surface area contributed by atoms with Crippen molar-refractivity contribution < 1.29 is 14.3 Å². The molecule has 152 valence electrons. The summed E-state index contributed by atoms with van der Waals surface area (Å²) < 4.78 is 10.7. The van der Waals surface area contributed by atoms with E-state index in [0.717, 1.165) is 77.2 Å². The molecule has 3 aliphatic heterocycles. The molecule has 28 heavy (non-hydrogen) atoms. The van der Waals surface area contributed by atoms with Crippen molar-refractivity contribution in [2.45, 2.75) is 38.1 Å². The average molecular weight is 385 g/mol. The van der Waals surface area contributed by atoms with Crippen LogP contribution in [0.4, 0.5) is 0 Å². The first-order chi connectivity index (χ1) is 13.7. The van der Waals surface area contributed by atoms with Gasteiger partial charge in [-0.05, 0) is 56.3 Å². The maximum absolute atomic E-state index is 13.4. The van der Waals surface area contributed by atoms with Gasteiger partial charge < -0.3 is 14.4 Å². The van der Waals surface area contributed by atoms with E-state index in [1.165, 1.54) is 5.56 Å². The van der Waals surface area contributed by atoms with Gasteiger partial charge in [-0.2, -0.15) is 0 Å². The number of ether oxygens (including phenoxy) is 2. The number of hydrogen-bond acceptors (Lipinski definition) is 4. The molecule has 0 bridgehead atoms. The molecule has 1 aromatic carbocycles. The summed E-state index contributed by atoms with van der Waals surface area (Å²) in [5.74, 6) is 1.29. The van der Waals surface area contributed by atoms with Crippen LogP contribution in [0.25, 0.3) is 6.08 Å². The Morgan fingerprint density at radius 1 is 1.18 bits per heavy atom. The lowest BCUT2D eigenvalue weighted by Gasteiger charge is -2.44. The highest BCUT2D eigenvalue weighted by atomic mass is 16.5. The fourth-order valence-corrected chi connectivity index (χ4v) is 4.99. The number of piperidine rings is 1. The van der Waals surface area contributed by atoms with Gasteiger partial charge in [0.25, 0.3) is 0 Å². The Labute approximate surface area is 168 Å². The minimum atomic E-state index is -0.148. The maximum atomic E-state index is 13.4. The maximum Gasteiger partial charge on any atom is 0.230 e. The number of carbonyl (C=O) groups is 1. The summed E-state index contributed by atoms with van der Waals surface area (Å²) in [6.45, 7) is 5.34. The Morgan fingerprint density at radius 2 is 1.96 bits per heavy atom. The highest BCUT2D eigenvalue weighted by molar-refractivity contribution is 5.84. The zero-order valence-electron chi connectivity index (χ0n) is 16.9. The molecule has 1 aromatic rings. The molecule has 0 aromatic heterocycles. The van der Waals surface area contributed by atoms with Gasteiger partial charge in [0.2, 0.25) is 5.91 Å². The second kappa shape index (κ2) is 8.66. The summed E-state index contributed by atoms with van der Waals surface area (Å²) in [5.41, 5.74) is 1.03. The van der Waals surface area contributed by atoms with Crippen LogP contribution >= 0.6 is 0 Å². The molecule has 1 atom stereocenters. The SMILES string of the molecule is COc1ccc(/C=C/CN2CC[C@@]3(CCCN(C4CCOCC4)C3=O)C2)cc1. The van der Waals surface area contributed by atoms with E-state index in [0.29, 0.717) is 11.9 Å². The summed E-state index contributed by atoms with van der Waals surface area (Å²) in [7, 11) is 1.68. The molecular weight excluding hydrogens is 352 g/mol. The van der Waals surface area contributed by atoms with Crippen LogP contribution in [0.2, 0.25) is 0 Å². The van der Waals surface area contributed by atoms with Crippen molar-refractivity contribution in [1.29, 1.82) is 0 Å². The first-order valence-electron chi connectivity index (χ1n) is 10.6. The fraction of sp³-hybridized carbons (Fsp3) is 0.609. The monoisotopic (exact) mass is 384 g/mol. The van der Waals surface area contributed by atoms with Gasteiger partial charge in [0.1, 0.15) is 5.75 Å². The molecule has 3 aliphatic rings. The topological polar surface area (TPSA) is 42.0 Å². The molecule has 1 amide bonds. The van der Waals surface area contributed by atoms with E-state index in [1.807, 2.05) is 12.1 Å². The summed E-state index contributed by atoms with van der Waals surface area (Å²) in [6, 6.07) is 8.49. The summed E-state index contributed by atoms with van der Waals surface area (Å²) in [6.07, 6.45) is 9.54. The van der Waals surface area contributed by atoms with Crippen molar-refractivity contribution in [3.63, 3.8) is 0 Å². The zero-order valence-corrected chi connectivity index (χ0v) is 16.9. The lowest BCUT2D eigenvalue weighted by Crippen LogP contribution is -2.54. The lowest BCUT2D eigenvalue weighted by molar-refractivity contribution is -0.150. The quantitative estimate of drug-likeness (QED) is 0.782. The minimum absolute atomic E-state index is 0.148. The molecule has 0 radical (unpaired) electrons. The van der Waals surface area contributed by atoms with Crippen molar-refractivity contribution in [3.05, 3.63) is 35.9 Å². The van der Waals surface area contributed by atoms with E-state index in [2.05, 4.69) is 34.1 Å². The number of amides is 1. The van der Waals surface area contributed by atoms with E-state index < -0.39 is 0 Å². The van der Waals surface area contributed by atoms with E-state index in [-0.39, 0.29) is 5.41 Å². The van der Waals surface area contributed by atoms with Crippen LogP contribution in [0.1, 0.15) is 37.7 Å². The summed E-state index contributed by atoms with van der Waals surface area (Å²) >= 11 is 0. The minimum Gasteiger partial charge on any atom is -0.497 e. The van der Waals surface area contributed by atoms with Gasteiger partial charge in [0.05, 0.1) is 12.5 Å². The van der Waals surface area contributed by atoms with E-state index >= 15 is 0 Å². The fourth-order valence-electron chi connectivity index (χ4n) is 4.99. The number of carbonyl (C=O) groups excluding carboxylic acids is 1. The number of benzene rings is 1. The molecule has 0 saturated carbocycles. The van der Waals surface area contributed by atoms with Crippen molar-refractivity contribution in [3.8, 4) is 5.75 Å². The predicted octanol–water partition coefficient (Wildman–Crippen LogP) is 3.20. The van der Waals surface area contributed by atoms with Gasteiger partial charge in [-0.3, -0.25) is 9.69 Å². The van der Waals surface area contributed by atoms with Crippen LogP contribution in [0.5, 0.6) is 5.75 Å². The molecule has 0 N–H and O–H groups in total. The first-order valence-corrected chi connectivity index (χ1v) is 10.6. The van der Waals surface area contributed by atoms with Crippen LogP contribution < -0.4 is 4.74 Å². The molecule has 3 saturated heterocycles. The van der Waals surface area contributed by atoms with Gasteiger partial charge in [0.15, 0.2) is 0 Å². The summed E-state index contributed by atoms with van der Waals surface area (Å²) in [4.78, 5) is 18.0. The van der Waals surface area contributed by atoms with E-state index in [4.69, 9.17) is 9.47 Å². The number of rotatable bonds is 5. The first kappa shape index (κ1) is 19.5. The van der Waals surface area contributed by atoms with Crippen LogP contribution in [-0.4, -0.2) is 68.3 Å². The predicted molar refractivity (Wildman–Crippen MR) is 110 cm³/mol. The standard InChI is InChI=1S/C23H32N2O3/c1-27-21-7-5-19(6-8-21)4-2-13-24-15-12-23(18-24)11-3-14-25(22(23)26)20-9-16-28-17-10-20/h2,4-8,20H,3,9-18H2,1H3/b4-2+/t23-/m0/s1. The molecule has 0 aliphatic carbocycles. The largest absolute Gasteiger partial charge is 0.497 e. The molecule has 3 fully saturated rings. The Morgan fingerprint density at radius 3 is 2.71 bits per heavy atom. The molecular formula is C23H32N2O3. The lowest BCUT2D eigenvalue weighted by atomic mass is 9.77. The third kappa shape index (κ3) is 4.11. The second-order valence-electron chi connectivity index (χ2n) is 8.39. The van der Waals surface area contributed by atoms with Crippen LogP contribution in [0.15, 0.2) is 30.3 Å². The normalized spacial score (nSPS) is 27.2. The molecule has 1 spiro atoms. The number of nitrogens with zero attached hydrogens (tertiary/aromatic N) is 2. The van der Waals surface area contributed by atoms with Crippen molar-refractivity contribution in [2.24, 2.45) is 5.41 Å². The van der Waals surface area contributed by atoms with Gasteiger partial charge in [-0.1, -0.05) is 24.3 Å². The highest BCUT2D eigenvalue weighted by Crippen LogP contribution is 2.41. The summed E-state index contributed by atoms with van der Waals surface area (Å²) in [5, 5.41) is 0. The Bertz CT molecular complexity index is 696. The molecule has 3 heterocycles. The van der Waals surface area contributed by atoms with Crippen molar-refractivity contribution in [1.82, 2.24) is 9.80 Å². The van der Waals surface area contributed by atoms with Gasteiger partial charge in [-0.25, -0.2) is 0 Å². The average Bonchev–Trinajstić information content (AvgIpc) is 3.15. The smallest absolute Gasteiger partial charge is 0.230 e. The second-order valence-corrected chi connectivity index (χ2v) is 8.39. The van der Waals surface area contributed by atoms with Crippen LogP contribution in [0, 0.1) is 5.41 Å². The Kier molecular flexibility index (Phi) is 6.02. The van der Waals surface area contributed by atoms with Gasteiger partial charge >= 0.3 is 0 Å². The highest BCUT2D eigenvalue weighted by Gasteiger charge is 2.49. The zero-order chi connectivity index (χ0) is 19.4. The Balaban J connectivity index is 1.34. The molecule has 5 heteroatoms. The molecule has 0 unspecified atom stereocenters. The van der Waals surface area contributed by atoms with Crippen molar-refractivity contribution >= 4 is 12.0 Å². The molecule has 4 rings (SSSR count). The molecule has 5 nitrogen and oxygen atoms in total. The van der Waals surface area contributed by atoms with Crippen LogP contribution in [-0.2, 0) is 9.53 Å². The van der Waals surface area contributed by atoms with Gasteiger partial charge in [0, 0.05) is 38.9 Å². The third-order valence-corrected chi connectivity index (χ3v) is 6.62. The number of hydrogen-bond donors (Lipinski definition) is 0. The Hall–Kier alpha value is -1.85. The number of likely N-dealkylation sites (tertiary alicyclic amines) is 2. The van der Waals surface area contributed by atoms with E-state index in [9.17, 15) is 4.79 Å². The third-order valence-electron chi connectivity index (χ3n) is 6.62. The van der Waals surface area contributed by atoms with E-state index in [1.54, 1.807) is 7.11 Å². The van der Waals surface area contributed by atoms with Crippen LogP contribution in [0.3, 0.4) is 0 Å².